The molecule has 0 radical (unpaired) electrons. The molecule has 5 heteroatoms. The van der Waals surface area contributed by atoms with Crippen molar-refractivity contribution in [1.29, 1.82) is 0 Å². The molecule has 0 fully saturated rings. The lowest BCUT2D eigenvalue weighted by Gasteiger charge is -2.19. The van der Waals surface area contributed by atoms with E-state index in [-0.39, 0.29) is 0 Å². The van der Waals surface area contributed by atoms with Gasteiger partial charge in [-0.2, -0.15) is 0 Å². The van der Waals surface area contributed by atoms with Gasteiger partial charge in [-0.25, -0.2) is 9.59 Å². The molecule has 0 aliphatic rings. The fraction of sp³-hybridized carbons (Fsp3) is 0.750. The second kappa shape index (κ2) is 4.11. The van der Waals surface area contributed by atoms with E-state index in [0.717, 1.165) is 0 Å². The Hall–Kier alpha value is -1.26. The summed E-state index contributed by atoms with van der Waals surface area (Å²) in [6.45, 7) is 6.26. The molecule has 0 bridgehead atoms. The van der Waals surface area contributed by atoms with Gasteiger partial charge in [-0.3, -0.25) is 0 Å². The predicted octanol–water partition coefficient (Wildman–Crippen LogP) is 1.41. The zero-order chi connectivity index (χ0) is 10.6. The van der Waals surface area contributed by atoms with Gasteiger partial charge in [0, 0.05) is 0 Å². The van der Waals surface area contributed by atoms with E-state index in [1.54, 1.807) is 20.8 Å². The Balaban J connectivity index is 3.96. The number of carboxylic acid groups (broad SMARTS) is 1. The monoisotopic (exact) mass is 190 g/mol. The molecule has 0 aliphatic heterocycles. The van der Waals surface area contributed by atoms with Gasteiger partial charge in [-0.05, 0) is 27.7 Å². The van der Waals surface area contributed by atoms with Gasteiger partial charge in [0.25, 0.3) is 0 Å². The highest BCUT2D eigenvalue weighted by molar-refractivity contribution is 5.75. The Labute approximate surface area is 76.6 Å². The van der Waals surface area contributed by atoms with Gasteiger partial charge in [0.15, 0.2) is 6.10 Å². The Kier molecular flexibility index (Phi) is 3.71. The second-order valence-electron chi connectivity index (χ2n) is 3.56. The van der Waals surface area contributed by atoms with Crippen LogP contribution in [0.3, 0.4) is 0 Å². The second-order valence-corrected chi connectivity index (χ2v) is 3.56. The first-order chi connectivity index (χ1) is 5.72. The van der Waals surface area contributed by atoms with Crippen LogP contribution in [-0.4, -0.2) is 28.9 Å². The van der Waals surface area contributed by atoms with Gasteiger partial charge < -0.3 is 14.6 Å². The van der Waals surface area contributed by atoms with Crippen molar-refractivity contribution in [2.75, 3.05) is 0 Å². The Bertz CT molecular complexity index is 203. The average Bonchev–Trinajstić information content (AvgIpc) is 1.81. The summed E-state index contributed by atoms with van der Waals surface area (Å²) in [6, 6.07) is 0. The zero-order valence-electron chi connectivity index (χ0n) is 8.16. The van der Waals surface area contributed by atoms with Crippen molar-refractivity contribution in [1.82, 2.24) is 0 Å². The Morgan fingerprint density at radius 2 is 1.77 bits per heavy atom. The molecular weight excluding hydrogens is 176 g/mol. The minimum absolute atomic E-state index is 0.671. The van der Waals surface area contributed by atoms with Gasteiger partial charge in [-0.15, -0.1) is 0 Å². The molecule has 1 N–H and O–H groups in total. The van der Waals surface area contributed by atoms with Crippen LogP contribution >= 0.6 is 0 Å². The summed E-state index contributed by atoms with van der Waals surface area (Å²) >= 11 is 0. The van der Waals surface area contributed by atoms with Crippen LogP contribution < -0.4 is 0 Å². The minimum Gasteiger partial charge on any atom is -0.479 e. The molecule has 0 amide bonds. The topological polar surface area (TPSA) is 72.8 Å². The van der Waals surface area contributed by atoms with Crippen LogP contribution in [0.2, 0.25) is 0 Å². The van der Waals surface area contributed by atoms with Crippen molar-refractivity contribution < 1.29 is 24.2 Å². The minimum atomic E-state index is -1.20. The lowest BCUT2D eigenvalue weighted by Crippen LogP contribution is -2.29. The maximum atomic E-state index is 10.9. The first-order valence-electron chi connectivity index (χ1n) is 3.85. The summed E-state index contributed by atoms with van der Waals surface area (Å²) in [4.78, 5) is 21.1. The van der Waals surface area contributed by atoms with Crippen LogP contribution in [0, 0.1) is 0 Å². The molecule has 13 heavy (non-hydrogen) atoms. The van der Waals surface area contributed by atoms with Crippen LogP contribution in [0.15, 0.2) is 0 Å². The average molecular weight is 190 g/mol. The normalized spacial score (nSPS) is 13.2. The van der Waals surface area contributed by atoms with Crippen LogP contribution in [-0.2, 0) is 14.3 Å². The van der Waals surface area contributed by atoms with E-state index in [1.807, 2.05) is 0 Å². The van der Waals surface area contributed by atoms with Gasteiger partial charge in [0.2, 0.25) is 0 Å². The molecule has 0 heterocycles. The summed E-state index contributed by atoms with van der Waals surface area (Å²) in [5.74, 6) is -1.20. The molecule has 0 aromatic rings. The zero-order valence-corrected chi connectivity index (χ0v) is 8.16. The number of hydrogen-bond donors (Lipinski definition) is 1. The van der Waals surface area contributed by atoms with Crippen molar-refractivity contribution in [2.45, 2.75) is 39.4 Å². The van der Waals surface area contributed by atoms with E-state index in [1.165, 1.54) is 6.92 Å². The van der Waals surface area contributed by atoms with Gasteiger partial charge in [0.1, 0.15) is 5.60 Å². The van der Waals surface area contributed by atoms with Gasteiger partial charge in [-0.1, -0.05) is 0 Å². The van der Waals surface area contributed by atoms with Crippen molar-refractivity contribution in [3.05, 3.63) is 0 Å². The van der Waals surface area contributed by atoms with Gasteiger partial charge in [0.05, 0.1) is 0 Å². The van der Waals surface area contributed by atoms with Crippen molar-refractivity contribution in [3.8, 4) is 0 Å². The van der Waals surface area contributed by atoms with E-state index in [2.05, 4.69) is 4.74 Å². The lowest BCUT2D eigenvalue weighted by molar-refractivity contribution is -0.148. The summed E-state index contributed by atoms with van der Waals surface area (Å²) in [7, 11) is 0. The summed E-state index contributed by atoms with van der Waals surface area (Å²) in [5, 5.41) is 8.40. The molecule has 1 atom stereocenters. The molecule has 0 aliphatic carbocycles. The third-order valence-corrected chi connectivity index (χ3v) is 1.01. The standard InChI is InChI=1S/C8H14O5/c1-5(6(9)10)12-7(11)13-8(2,3)4/h5H,1-4H3,(H,9,10)/t5-/m0/s1. The van der Waals surface area contributed by atoms with Crippen molar-refractivity contribution in [2.24, 2.45) is 0 Å². The molecule has 0 unspecified atom stereocenters. The maximum absolute atomic E-state index is 10.9. The highest BCUT2D eigenvalue weighted by Gasteiger charge is 2.22. The van der Waals surface area contributed by atoms with Crippen LogP contribution in [0.1, 0.15) is 27.7 Å². The lowest BCUT2D eigenvalue weighted by atomic mass is 10.2. The number of carbonyl (C=O) groups excluding carboxylic acids is 1. The van der Waals surface area contributed by atoms with Crippen molar-refractivity contribution >= 4 is 12.1 Å². The molecule has 0 aromatic carbocycles. The van der Waals surface area contributed by atoms with E-state index in [0.29, 0.717) is 0 Å². The summed E-state index contributed by atoms with van der Waals surface area (Å²) < 4.78 is 9.16. The maximum Gasteiger partial charge on any atom is 0.509 e. The largest absolute Gasteiger partial charge is 0.509 e. The molecule has 76 valence electrons. The van der Waals surface area contributed by atoms with E-state index in [4.69, 9.17) is 9.84 Å². The molecule has 0 aromatic heterocycles. The molecule has 0 rings (SSSR count). The molecule has 5 nitrogen and oxygen atoms in total. The van der Waals surface area contributed by atoms with E-state index >= 15 is 0 Å². The third-order valence-electron chi connectivity index (χ3n) is 1.01. The first kappa shape index (κ1) is 11.7. The SMILES string of the molecule is C[C@H](OC(=O)OC(C)(C)C)C(=O)O. The first-order valence-corrected chi connectivity index (χ1v) is 3.85. The third kappa shape index (κ3) is 5.95. The number of ether oxygens (including phenoxy) is 2. The predicted molar refractivity (Wildman–Crippen MR) is 44.4 cm³/mol. The molecule has 0 spiro atoms. The number of carbonyl (C=O) groups is 2. The number of hydrogen-bond acceptors (Lipinski definition) is 4. The quantitative estimate of drug-likeness (QED) is 0.666. The van der Waals surface area contributed by atoms with Crippen LogP contribution in [0.5, 0.6) is 0 Å². The Morgan fingerprint density at radius 3 is 2.08 bits per heavy atom. The summed E-state index contributed by atoms with van der Waals surface area (Å²) in [6.07, 6.45) is -2.16. The summed E-state index contributed by atoms with van der Waals surface area (Å²) in [5.41, 5.74) is -0.671. The number of aliphatic carboxylic acids is 1. The van der Waals surface area contributed by atoms with E-state index < -0.39 is 23.8 Å². The number of carboxylic acids is 1. The highest BCUT2D eigenvalue weighted by atomic mass is 16.7. The molecule has 0 saturated carbocycles. The molecule has 0 saturated heterocycles. The highest BCUT2D eigenvalue weighted by Crippen LogP contribution is 2.09. The van der Waals surface area contributed by atoms with Gasteiger partial charge >= 0.3 is 12.1 Å². The fourth-order valence-corrected chi connectivity index (χ4v) is 0.469. The molecular formula is C8H14O5. The smallest absolute Gasteiger partial charge is 0.479 e. The Morgan fingerprint density at radius 1 is 1.31 bits per heavy atom. The number of rotatable bonds is 2. The fourth-order valence-electron chi connectivity index (χ4n) is 0.469. The van der Waals surface area contributed by atoms with E-state index in [9.17, 15) is 9.59 Å². The van der Waals surface area contributed by atoms with Crippen LogP contribution in [0.4, 0.5) is 4.79 Å². The van der Waals surface area contributed by atoms with Crippen LogP contribution in [0.25, 0.3) is 0 Å². The van der Waals surface area contributed by atoms with Crippen molar-refractivity contribution in [3.63, 3.8) is 0 Å².